The van der Waals surface area contributed by atoms with Gasteiger partial charge in [-0.15, -0.1) is 0 Å². The summed E-state index contributed by atoms with van der Waals surface area (Å²) in [4.78, 5) is 12.1. The third kappa shape index (κ3) is 22.2. The Balaban J connectivity index is 3.40. The fourth-order valence-electron chi connectivity index (χ4n) is 4.27. The summed E-state index contributed by atoms with van der Waals surface area (Å²) in [6.07, 6.45) is 28.8. The molecule has 0 rings (SSSR count). The second-order valence-electron chi connectivity index (χ2n) is 10.4. The summed E-state index contributed by atoms with van der Waals surface area (Å²) in [6, 6.07) is 0. The van der Waals surface area contributed by atoms with Gasteiger partial charge in [-0.3, -0.25) is 4.79 Å². The Hall–Kier alpha value is -0.330. The number of rotatable bonds is 23. The summed E-state index contributed by atoms with van der Waals surface area (Å²) < 4.78 is 0. The molecule has 0 bridgehead atoms. The van der Waals surface area contributed by atoms with Gasteiger partial charge in [-0.1, -0.05) is 137 Å². The lowest BCUT2D eigenvalue weighted by Crippen LogP contribution is -2.13. The average molecular weight is 409 g/mol. The fraction of sp³-hybridized carbons (Fsp3) is 0.964. The van der Waals surface area contributed by atoms with E-state index in [1.54, 1.807) is 0 Å². The van der Waals surface area contributed by atoms with Crippen LogP contribution in [0, 0.1) is 5.41 Å². The standard InChI is InChI=1S/C28H56O/c1-5-7-9-11-12-13-14-15-16-17-18-19-20-22-25-28(3,4)26-24-27(29)23-21-10-8-6-2/h5-26H2,1-4H3. The molecule has 0 saturated carbocycles. The first-order valence-corrected chi connectivity index (χ1v) is 13.5. The summed E-state index contributed by atoms with van der Waals surface area (Å²) in [5, 5.41) is 0. The first kappa shape index (κ1) is 28.7. The van der Waals surface area contributed by atoms with Gasteiger partial charge in [-0.05, 0) is 24.7 Å². The molecule has 0 N–H and O–H groups in total. The van der Waals surface area contributed by atoms with Gasteiger partial charge < -0.3 is 0 Å². The van der Waals surface area contributed by atoms with E-state index in [-0.39, 0.29) is 0 Å². The maximum Gasteiger partial charge on any atom is 0.132 e. The third-order valence-electron chi connectivity index (χ3n) is 6.60. The topological polar surface area (TPSA) is 17.1 Å². The summed E-state index contributed by atoms with van der Waals surface area (Å²) in [5.74, 6) is 0.495. The van der Waals surface area contributed by atoms with Gasteiger partial charge in [-0.25, -0.2) is 0 Å². The highest BCUT2D eigenvalue weighted by Gasteiger charge is 2.18. The molecule has 0 spiro atoms. The molecule has 0 unspecified atom stereocenters. The lowest BCUT2D eigenvalue weighted by atomic mass is 9.81. The minimum absolute atomic E-state index is 0.343. The molecule has 0 fully saturated rings. The zero-order valence-electron chi connectivity index (χ0n) is 21.0. The molecule has 0 radical (unpaired) electrons. The van der Waals surface area contributed by atoms with E-state index in [9.17, 15) is 4.79 Å². The number of unbranched alkanes of at least 4 members (excludes halogenated alkanes) is 16. The van der Waals surface area contributed by atoms with E-state index in [2.05, 4.69) is 27.7 Å². The molecule has 174 valence electrons. The molecule has 0 aromatic carbocycles. The molecule has 29 heavy (non-hydrogen) atoms. The van der Waals surface area contributed by atoms with Crippen LogP contribution >= 0.6 is 0 Å². The summed E-state index contributed by atoms with van der Waals surface area (Å²) in [6.45, 7) is 9.24. The first-order chi connectivity index (χ1) is 14.0. The van der Waals surface area contributed by atoms with Gasteiger partial charge >= 0.3 is 0 Å². The Morgan fingerprint density at radius 1 is 0.483 bits per heavy atom. The molecule has 0 aliphatic rings. The van der Waals surface area contributed by atoms with Gasteiger partial charge in [0.05, 0.1) is 0 Å². The zero-order chi connectivity index (χ0) is 21.6. The van der Waals surface area contributed by atoms with Crippen molar-refractivity contribution >= 4 is 5.78 Å². The van der Waals surface area contributed by atoms with Crippen LogP contribution in [0.2, 0.25) is 0 Å². The van der Waals surface area contributed by atoms with E-state index in [1.165, 1.54) is 116 Å². The molecule has 0 atom stereocenters. The van der Waals surface area contributed by atoms with Crippen molar-refractivity contribution in [1.82, 2.24) is 0 Å². The Kier molecular flexibility index (Phi) is 20.7. The highest BCUT2D eigenvalue weighted by molar-refractivity contribution is 5.78. The SMILES string of the molecule is CCCCCCCCCCCCCCCCC(C)(C)CCC(=O)CCCCCC. The lowest BCUT2D eigenvalue weighted by Gasteiger charge is -2.24. The van der Waals surface area contributed by atoms with Crippen molar-refractivity contribution in [2.24, 2.45) is 5.41 Å². The van der Waals surface area contributed by atoms with E-state index in [4.69, 9.17) is 0 Å². The first-order valence-electron chi connectivity index (χ1n) is 13.5. The maximum atomic E-state index is 12.1. The van der Waals surface area contributed by atoms with Crippen LogP contribution in [0.5, 0.6) is 0 Å². The largest absolute Gasteiger partial charge is 0.300 e. The van der Waals surface area contributed by atoms with Gasteiger partial charge in [0, 0.05) is 12.8 Å². The van der Waals surface area contributed by atoms with Crippen LogP contribution in [0.25, 0.3) is 0 Å². The molecule has 0 aliphatic heterocycles. The van der Waals surface area contributed by atoms with Crippen LogP contribution in [-0.2, 0) is 4.79 Å². The van der Waals surface area contributed by atoms with Crippen LogP contribution in [0.1, 0.15) is 169 Å². The van der Waals surface area contributed by atoms with Crippen molar-refractivity contribution in [2.75, 3.05) is 0 Å². The van der Waals surface area contributed by atoms with E-state index in [1.807, 2.05) is 0 Å². The van der Waals surface area contributed by atoms with Crippen LogP contribution < -0.4 is 0 Å². The molecule has 1 nitrogen and oxygen atoms in total. The molecule has 0 aromatic rings. The van der Waals surface area contributed by atoms with Crippen molar-refractivity contribution in [3.63, 3.8) is 0 Å². The Morgan fingerprint density at radius 2 is 0.862 bits per heavy atom. The second kappa shape index (κ2) is 20.9. The Labute approximate surface area is 185 Å². The number of hydrogen-bond donors (Lipinski definition) is 0. The van der Waals surface area contributed by atoms with Crippen molar-refractivity contribution in [2.45, 2.75) is 169 Å². The maximum absolute atomic E-state index is 12.1. The molecular weight excluding hydrogens is 352 g/mol. The lowest BCUT2D eigenvalue weighted by molar-refractivity contribution is -0.119. The summed E-state index contributed by atoms with van der Waals surface area (Å²) in [5.41, 5.74) is 0.343. The summed E-state index contributed by atoms with van der Waals surface area (Å²) in [7, 11) is 0. The van der Waals surface area contributed by atoms with E-state index in [0.29, 0.717) is 11.2 Å². The predicted octanol–water partition coefficient (Wildman–Crippen LogP) is 10.2. The second-order valence-corrected chi connectivity index (χ2v) is 10.4. The van der Waals surface area contributed by atoms with E-state index in [0.717, 1.165) is 25.7 Å². The third-order valence-corrected chi connectivity index (χ3v) is 6.60. The van der Waals surface area contributed by atoms with Gasteiger partial charge in [0.15, 0.2) is 0 Å². The number of Topliss-reactive ketones (excluding diaryl/α,β-unsaturated/α-hetero) is 1. The average Bonchev–Trinajstić information content (AvgIpc) is 2.70. The predicted molar refractivity (Wildman–Crippen MR) is 132 cm³/mol. The van der Waals surface area contributed by atoms with Gasteiger partial charge in [0.25, 0.3) is 0 Å². The van der Waals surface area contributed by atoms with Crippen molar-refractivity contribution in [1.29, 1.82) is 0 Å². The molecule has 0 heterocycles. The Morgan fingerprint density at radius 3 is 1.31 bits per heavy atom. The summed E-state index contributed by atoms with van der Waals surface area (Å²) >= 11 is 0. The van der Waals surface area contributed by atoms with Gasteiger partial charge in [-0.2, -0.15) is 0 Å². The van der Waals surface area contributed by atoms with Gasteiger partial charge in [0.2, 0.25) is 0 Å². The monoisotopic (exact) mass is 408 g/mol. The minimum Gasteiger partial charge on any atom is -0.300 e. The zero-order valence-corrected chi connectivity index (χ0v) is 21.0. The van der Waals surface area contributed by atoms with Crippen LogP contribution in [0.15, 0.2) is 0 Å². The van der Waals surface area contributed by atoms with Crippen molar-refractivity contribution in [3.8, 4) is 0 Å². The van der Waals surface area contributed by atoms with Crippen molar-refractivity contribution < 1.29 is 4.79 Å². The molecular formula is C28H56O. The highest BCUT2D eigenvalue weighted by Crippen LogP contribution is 2.30. The molecule has 0 saturated heterocycles. The molecule has 0 aromatic heterocycles. The Bertz CT molecular complexity index is 344. The van der Waals surface area contributed by atoms with Crippen molar-refractivity contribution in [3.05, 3.63) is 0 Å². The van der Waals surface area contributed by atoms with E-state index >= 15 is 0 Å². The number of carbonyl (C=O) groups is 1. The van der Waals surface area contributed by atoms with Crippen LogP contribution in [-0.4, -0.2) is 5.78 Å². The normalized spacial score (nSPS) is 11.9. The smallest absolute Gasteiger partial charge is 0.132 e. The van der Waals surface area contributed by atoms with Crippen LogP contribution in [0.3, 0.4) is 0 Å². The highest BCUT2D eigenvalue weighted by atomic mass is 16.1. The molecule has 0 aliphatic carbocycles. The quantitative estimate of drug-likeness (QED) is 0.154. The fourth-order valence-corrected chi connectivity index (χ4v) is 4.27. The minimum atomic E-state index is 0.343. The van der Waals surface area contributed by atoms with Gasteiger partial charge in [0.1, 0.15) is 5.78 Å². The van der Waals surface area contributed by atoms with Crippen LogP contribution in [0.4, 0.5) is 0 Å². The molecule has 1 heteroatoms. The van der Waals surface area contributed by atoms with E-state index < -0.39 is 0 Å². The number of ketones is 1. The molecule has 0 amide bonds. The number of hydrogen-bond acceptors (Lipinski definition) is 1. The number of carbonyl (C=O) groups excluding carboxylic acids is 1.